The van der Waals surface area contributed by atoms with E-state index >= 15 is 0 Å². The summed E-state index contributed by atoms with van der Waals surface area (Å²) in [6.45, 7) is 2.27. The van der Waals surface area contributed by atoms with Crippen molar-refractivity contribution in [3.8, 4) is 5.75 Å². The Bertz CT molecular complexity index is 818. The first kappa shape index (κ1) is 15.7. The number of hydrogen-bond acceptors (Lipinski definition) is 4. The number of ether oxygens (including phenoxy) is 1. The number of rotatable bonds is 4. The number of nitrogens with zero attached hydrogens (tertiary/aromatic N) is 1. The number of nitrogens with one attached hydrogen (secondary N) is 1. The molecule has 1 aromatic rings. The third kappa shape index (κ3) is 2.86. The first-order valence-electron chi connectivity index (χ1n) is 7.56. The summed E-state index contributed by atoms with van der Waals surface area (Å²) in [4.78, 5) is 28.5. The van der Waals surface area contributed by atoms with Crippen molar-refractivity contribution in [2.75, 3.05) is 11.9 Å². The molecule has 3 rings (SSSR count). The maximum absolute atomic E-state index is 12.5. The van der Waals surface area contributed by atoms with E-state index in [4.69, 9.17) is 4.74 Å². The van der Waals surface area contributed by atoms with Crippen molar-refractivity contribution in [3.05, 3.63) is 59.9 Å². The van der Waals surface area contributed by atoms with Gasteiger partial charge >= 0.3 is 0 Å². The Morgan fingerprint density at radius 3 is 2.92 bits per heavy atom. The van der Waals surface area contributed by atoms with Crippen molar-refractivity contribution < 1.29 is 19.4 Å². The highest BCUT2D eigenvalue weighted by Gasteiger charge is 2.34. The lowest BCUT2D eigenvalue weighted by atomic mass is 9.90. The van der Waals surface area contributed by atoms with Crippen LogP contribution in [0.25, 0.3) is 0 Å². The smallest absolute Gasteiger partial charge is 0.286 e. The third-order valence-corrected chi connectivity index (χ3v) is 3.66. The second-order valence-electron chi connectivity index (χ2n) is 5.21. The van der Waals surface area contributed by atoms with Gasteiger partial charge in [0.25, 0.3) is 11.8 Å². The van der Waals surface area contributed by atoms with Gasteiger partial charge in [0.2, 0.25) is 0 Å². The van der Waals surface area contributed by atoms with E-state index in [-0.39, 0.29) is 11.3 Å². The number of para-hydroxylation sites is 2. The lowest BCUT2D eigenvalue weighted by Crippen LogP contribution is -2.30. The van der Waals surface area contributed by atoms with Crippen LogP contribution in [0.15, 0.2) is 64.9 Å². The van der Waals surface area contributed by atoms with Crippen LogP contribution in [0.2, 0.25) is 0 Å². The van der Waals surface area contributed by atoms with Gasteiger partial charge in [-0.25, -0.2) is 4.99 Å². The van der Waals surface area contributed by atoms with Gasteiger partial charge in [0.15, 0.2) is 0 Å². The lowest BCUT2D eigenvalue weighted by molar-refractivity contribution is -0.119. The lowest BCUT2D eigenvalue weighted by Gasteiger charge is -2.21. The van der Waals surface area contributed by atoms with Gasteiger partial charge in [-0.15, -0.1) is 0 Å². The Morgan fingerprint density at radius 1 is 1.33 bits per heavy atom. The molecule has 1 aliphatic carbocycles. The number of aliphatic hydroxyl groups excluding tert-OH is 1. The molecule has 1 aromatic carbocycles. The zero-order chi connectivity index (χ0) is 17.1. The van der Waals surface area contributed by atoms with Gasteiger partial charge in [-0.05, 0) is 25.1 Å². The summed E-state index contributed by atoms with van der Waals surface area (Å²) in [5, 5.41) is 13.0. The van der Waals surface area contributed by atoms with Crippen LogP contribution in [0.3, 0.4) is 0 Å². The minimum atomic E-state index is -0.759. The quantitative estimate of drug-likeness (QED) is 0.833. The minimum Gasteiger partial charge on any atom is -0.510 e. The number of carbonyl (C=O) groups is 2. The van der Waals surface area contributed by atoms with Crippen LogP contribution < -0.4 is 10.1 Å². The van der Waals surface area contributed by atoms with E-state index in [9.17, 15) is 14.7 Å². The van der Waals surface area contributed by atoms with Gasteiger partial charge in [0, 0.05) is 0 Å². The maximum atomic E-state index is 12.5. The Kier molecular flexibility index (Phi) is 4.29. The van der Waals surface area contributed by atoms with Crippen LogP contribution in [0, 0.1) is 5.92 Å². The van der Waals surface area contributed by atoms with Gasteiger partial charge in [0.05, 0.1) is 23.9 Å². The van der Waals surface area contributed by atoms with E-state index in [1.54, 1.807) is 48.6 Å². The summed E-state index contributed by atoms with van der Waals surface area (Å²) in [5.41, 5.74) is 0.493. The highest BCUT2D eigenvalue weighted by molar-refractivity contribution is 6.28. The number of carbonyl (C=O) groups excluding carboxylic acids is 2. The standard InChI is InChI=1S/C18H16N2O4/c1-2-24-14-10-6-5-9-13(14)20-18(23)15-16(21)11-7-3-4-8-12(11)19-17(15)22/h3-11,21H,2H2,1H3,(H,20,23). The summed E-state index contributed by atoms with van der Waals surface area (Å²) in [7, 11) is 0. The summed E-state index contributed by atoms with van der Waals surface area (Å²) in [5.74, 6) is -1.85. The normalized spacial score (nSPS) is 19.0. The Morgan fingerprint density at radius 2 is 2.12 bits per heavy atom. The molecule has 2 N–H and O–H groups in total. The number of fused-ring (bicyclic) bond motifs is 1. The van der Waals surface area contributed by atoms with Crippen LogP contribution >= 0.6 is 0 Å². The molecular weight excluding hydrogens is 308 g/mol. The van der Waals surface area contributed by atoms with E-state index in [0.29, 0.717) is 23.8 Å². The van der Waals surface area contributed by atoms with Crippen LogP contribution in [0.1, 0.15) is 6.92 Å². The molecule has 1 unspecified atom stereocenters. The van der Waals surface area contributed by atoms with Crippen LogP contribution in [-0.4, -0.2) is 29.2 Å². The number of aliphatic hydroxyl groups is 1. The van der Waals surface area contributed by atoms with Gasteiger partial charge in [-0.2, -0.15) is 0 Å². The van der Waals surface area contributed by atoms with E-state index in [2.05, 4.69) is 10.3 Å². The van der Waals surface area contributed by atoms with Crippen molar-refractivity contribution in [2.24, 2.45) is 10.9 Å². The molecule has 6 nitrogen and oxygen atoms in total. The fourth-order valence-corrected chi connectivity index (χ4v) is 2.56. The predicted molar refractivity (Wildman–Crippen MR) is 90.1 cm³/mol. The molecule has 0 radical (unpaired) electrons. The molecule has 0 saturated heterocycles. The van der Waals surface area contributed by atoms with Crippen molar-refractivity contribution in [1.82, 2.24) is 0 Å². The molecule has 1 aliphatic heterocycles. The van der Waals surface area contributed by atoms with Crippen molar-refractivity contribution in [2.45, 2.75) is 6.92 Å². The summed E-state index contributed by atoms with van der Waals surface area (Å²) in [6, 6.07) is 6.88. The molecule has 122 valence electrons. The summed E-state index contributed by atoms with van der Waals surface area (Å²) >= 11 is 0. The van der Waals surface area contributed by atoms with Gasteiger partial charge < -0.3 is 15.2 Å². The molecule has 1 atom stereocenters. The fraction of sp³-hybridized carbons (Fsp3) is 0.167. The van der Waals surface area contributed by atoms with Crippen LogP contribution in [0.5, 0.6) is 5.75 Å². The monoisotopic (exact) mass is 324 g/mol. The number of hydrogen-bond donors (Lipinski definition) is 2. The minimum absolute atomic E-state index is 0.294. The van der Waals surface area contributed by atoms with Gasteiger partial charge in [-0.1, -0.05) is 30.4 Å². The SMILES string of the molecule is CCOc1ccccc1NC(=O)C1=C(O)C2C=CC=CC2=NC1=O. The van der Waals surface area contributed by atoms with Gasteiger partial charge in [0.1, 0.15) is 17.1 Å². The van der Waals surface area contributed by atoms with Crippen molar-refractivity contribution in [3.63, 3.8) is 0 Å². The first-order chi connectivity index (χ1) is 11.6. The maximum Gasteiger partial charge on any atom is 0.286 e. The number of benzene rings is 1. The summed E-state index contributed by atoms with van der Waals surface area (Å²) in [6.07, 6.45) is 6.77. The van der Waals surface area contributed by atoms with Crippen molar-refractivity contribution >= 4 is 23.2 Å². The molecule has 24 heavy (non-hydrogen) atoms. The first-order valence-corrected chi connectivity index (χ1v) is 7.56. The average molecular weight is 324 g/mol. The number of allylic oxidation sites excluding steroid dienone is 4. The number of dihydropyridines is 1. The molecular formula is C18H16N2O4. The fourth-order valence-electron chi connectivity index (χ4n) is 2.56. The third-order valence-electron chi connectivity index (χ3n) is 3.66. The van der Waals surface area contributed by atoms with Crippen LogP contribution in [-0.2, 0) is 9.59 Å². The highest BCUT2D eigenvalue weighted by atomic mass is 16.5. The topological polar surface area (TPSA) is 88.0 Å². The molecule has 6 heteroatoms. The molecule has 2 amide bonds. The zero-order valence-electron chi connectivity index (χ0n) is 13.0. The van der Waals surface area contributed by atoms with E-state index in [0.717, 1.165) is 0 Å². The van der Waals surface area contributed by atoms with E-state index in [1.807, 2.05) is 6.92 Å². The zero-order valence-corrected chi connectivity index (χ0v) is 13.0. The summed E-state index contributed by atoms with van der Waals surface area (Å²) < 4.78 is 5.44. The molecule has 2 aliphatic rings. The van der Waals surface area contributed by atoms with Crippen LogP contribution in [0.4, 0.5) is 5.69 Å². The Labute approximate surface area is 138 Å². The van der Waals surface area contributed by atoms with Crippen molar-refractivity contribution in [1.29, 1.82) is 0 Å². The average Bonchev–Trinajstić information content (AvgIpc) is 2.57. The second-order valence-corrected chi connectivity index (χ2v) is 5.21. The molecule has 1 heterocycles. The molecule has 0 saturated carbocycles. The molecule has 0 aromatic heterocycles. The molecule has 0 fully saturated rings. The predicted octanol–water partition coefficient (Wildman–Crippen LogP) is 2.56. The largest absolute Gasteiger partial charge is 0.510 e. The number of anilines is 1. The molecule has 0 bridgehead atoms. The highest BCUT2D eigenvalue weighted by Crippen LogP contribution is 2.28. The Balaban J connectivity index is 1.89. The number of amides is 2. The molecule has 0 spiro atoms. The Hall–Kier alpha value is -3.15. The van der Waals surface area contributed by atoms with E-state index < -0.39 is 17.7 Å². The second kappa shape index (κ2) is 6.54. The van der Waals surface area contributed by atoms with Gasteiger partial charge in [-0.3, -0.25) is 9.59 Å². The number of aliphatic imine (C=N–C) groups is 1. The van der Waals surface area contributed by atoms with E-state index in [1.165, 1.54) is 0 Å².